The number of halogens is 2. The number of amides is 1. The Labute approximate surface area is 190 Å². The minimum atomic E-state index is -0.473. The van der Waals surface area contributed by atoms with Gasteiger partial charge in [-0.2, -0.15) is 4.98 Å². The number of primary amides is 1. The van der Waals surface area contributed by atoms with Crippen LogP contribution in [0.4, 0.5) is 22.0 Å². The van der Waals surface area contributed by atoms with Crippen molar-refractivity contribution >= 4 is 46.3 Å². The number of hydrogen-bond acceptors (Lipinski definition) is 6. The van der Waals surface area contributed by atoms with E-state index in [0.717, 1.165) is 19.3 Å². The largest absolute Gasteiger partial charge is 0.369 e. The number of anilines is 3. The second-order valence-electron chi connectivity index (χ2n) is 8.29. The van der Waals surface area contributed by atoms with Gasteiger partial charge in [-0.15, -0.1) is 0 Å². The molecule has 0 bridgehead atoms. The third-order valence-electron chi connectivity index (χ3n) is 6.08. The van der Waals surface area contributed by atoms with Crippen LogP contribution in [0.3, 0.4) is 0 Å². The van der Waals surface area contributed by atoms with E-state index in [9.17, 15) is 9.18 Å². The van der Waals surface area contributed by atoms with Crippen molar-refractivity contribution in [2.24, 2.45) is 11.7 Å². The van der Waals surface area contributed by atoms with E-state index in [1.54, 1.807) is 18.3 Å². The Hall–Kier alpha value is -2.94. The molecule has 0 saturated heterocycles. The average molecular weight is 460 g/mol. The number of benzene rings is 1. The summed E-state index contributed by atoms with van der Waals surface area (Å²) in [6.45, 7) is 4.14. The molecule has 1 amide bonds. The molecular formula is C22H27ClFN7O. The third-order valence-corrected chi connectivity index (χ3v) is 6.40. The molecule has 10 heteroatoms. The van der Waals surface area contributed by atoms with Crippen molar-refractivity contribution in [1.82, 2.24) is 19.5 Å². The molecule has 1 aliphatic carbocycles. The minimum Gasteiger partial charge on any atom is -0.369 e. The molecule has 0 spiro atoms. The number of para-hydroxylation sites is 1. The molecule has 2 aromatic heterocycles. The van der Waals surface area contributed by atoms with Gasteiger partial charge in [-0.3, -0.25) is 9.36 Å². The first-order valence-corrected chi connectivity index (χ1v) is 11.3. The maximum Gasteiger partial charge on any atom is 0.224 e. The summed E-state index contributed by atoms with van der Waals surface area (Å²) in [4.78, 5) is 25.4. The number of imidazole rings is 1. The molecule has 4 rings (SSSR count). The monoisotopic (exact) mass is 459 g/mol. The summed E-state index contributed by atoms with van der Waals surface area (Å²) in [6.07, 6.45) is 5.42. The van der Waals surface area contributed by atoms with Crippen molar-refractivity contribution in [3.63, 3.8) is 0 Å². The van der Waals surface area contributed by atoms with E-state index < -0.39 is 5.82 Å². The zero-order valence-corrected chi connectivity index (χ0v) is 18.9. The highest BCUT2D eigenvalue weighted by Gasteiger charge is 2.29. The zero-order valence-electron chi connectivity index (χ0n) is 18.1. The second kappa shape index (κ2) is 9.28. The lowest BCUT2D eigenvalue weighted by Gasteiger charge is -2.29. The standard InChI is InChI=1S/C22H27ClFN7O/c1-3-12(2)27-21-26-11-17-20(30-21)31(14-9-7-13(8-10-14)19(25)32)22(28-17)29-18-15(23)5-4-6-16(18)24/h4-6,11-14H,3,7-10H2,1-2H3,(H2,25,32)(H,28,29)(H,26,27,30)/t12?,13-,14-. The van der Waals surface area contributed by atoms with Crippen molar-refractivity contribution in [2.75, 3.05) is 10.6 Å². The van der Waals surface area contributed by atoms with E-state index >= 15 is 0 Å². The van der Waals surface area contributed by atoms with Crippen LogP contribution in [0.1, 0.15) is 52.0 Å². The van der Waals surface area contributed by atoms with Crippen LogP contribution in [0, 0.1) is 11.7 Å². The van der Waals surface area contributed by atoms with Gasteiger partial charge in [0.1, 0.15) is 11.3 Å². The predicted molar refractivity (Wildman–Crippen MR) is 124 cm³/mol. The van der Waals surface area contributed by atoms with Crippen LogP contribution in [0.15, 0.2) is 24.4 Å². The first kappa shape index (κ1) is 22.3. The van der Waals surface area contributed by atoms with E-state index in [2.05, 4.69) is 34.4 Å². The number of rotatable bonds is 7. The molecule has 2 heterocycles. The quantitative estimate of drug-likeness (QED) is 0.468. The van der Waals surface area contributed by atoms with Crippen LogP contribution in [-0.2, 0) is 4.79 Å². The van der Waals surface area contributed by atoms with Gasteiger partial charge in [-0.25, -0.2) is 14.4 Å². The summed E-state index contributed by atoms with van der Waals surface area (Å²) >= 11 is 6.24. The lowest BCUT2D eigenvalue weighted by molar-refractivity contribution is -0.122. The highest BCUT2D eigenvalue weighted by Crippen LogP contribution is 2.38. The molecule has 1 aliphatic rings. The van der Waals surface area contributed by atoms with E-state index in [1.807, 2.05) is 4.57 Å². The molecular weight excluding hydrogens is 433 g/mol. The van der Waals surface area contributed by atoms with Crippen molar-refractivity contribution in [1.29, 1.82) is 0 Å². The Bertz CT molecular complexity index is 1110. The molecule has 4 N–H and O–H groups in total. The fraction of sp³-hybridized carbons (Fsp3) is 0.455. The second-order valence-corrected chi connectivity index (χ2v) is 8.70. The number of fused-ring (bicyclic) bond motifs is 1. The zero-order chi connectivity index (χ0) is 22.8. The molecule has 1 saturated carbocycles. The Morgan fingerprint density at radius 2 is 2.06 bits per heavy atom. The van der Waals surface area contributed by atoms with Gasteiger partial charge in [-0.05, 0) is 51.2 Å². The Balaban J connectivity index is 1.76. The number of carbonyl (C=O) groups is 1. The Morgan fingerprint density at radius 3 is 2.72 bits per heavy atom. The maximum absolute atomic E-state index is 14.5. The number of nitrogens with zero attached hydrogens (tertiary/aromatic N) is 4. The normalized spacial score (nSPS) is 19.6. The SMILES string of the molecule is CCC(C)Nc1ncc2nc(Nc3c(F)cccc3Cl)n([C@H]3CC[C@H](C(N)=O)CC3)c2n1. The van der Waals surface area contributed by atoms with E-state index in [4.69, 9.17) is 22.3 Å². The van der Waals surface area contributed by atoms with Gasteiger partial charge in [0.05, 0.1) is 16.9 Å². The molecule has 8 nitrogen and oxygen atoms in total. The molecule has 1 aromatic carbocycles. The first-order chi connectivity index (χ1) is 15.4. The lowest BCUT2D eigenvalue weighted by Crippen LogP contribution is -2.29. The van der Waals surface area contributed by atoms with Gasteiger partial charge < -0.3 is 16.4 Å². The van der Waals surface area contributed by atoms with Gasteiger partial charge in [0.2, 0.25) is 17.8 Å². The number of nitrogens with one attached hydrogen (secondary N) is 2. The summed E-state index contributed by atoms with van der Waals surface area (Å²) in [7, 11) is 0. The van der Waals surface area contributed by atoms with Crippen molar-refractivity contribution < 1.29 is 9.18 Å². The molecule has 0 aliphatic heterocycles. The summed E-state index contributed by atoms with van der Waals surface area (Å²) < 4.78 is 16.4. The predicted octanol–water partition coefficient (Wildman–Crippen LogP) is 4.79. The molecule has 3 aromatic rings. The number of nitrogens with two attached hydrogens (primary N) is 1. The average Bonchev–Trinajstić information content (AvgIpc) is 3.13. The number of aromatic nitrogens is 4. The van der Waals surface area contributed by atoms with E-state index in [1.165, 1.54) is 6.07 Å². The van der Waals surface area contributed by atoms with Crippen molar-refractivity contribution in [3.8, 4) is 0 Å². The molecule has 170 valence electrons. The summed E-state index contributed by atoms with van der Waals surface area (Å²) in [6, 6.07) is 4.74. The van der Waals surface area contributed by atoms with E-state index in [-0.39, 0.29) is 34.6 Å². The van der Waals surface area contributed by atoms with Crippen LogP contribution < -0.4 is 16.4 Å². The fourth-order valence-electron chi connectivity index (χ4n) is 4.06. The van der Waals surface area contributed by atoms with Crippen LogP contribution in [-0.4, -0.2) is 31.5 Å². The topological polar surface area (TPSA) is 111 Å². The Morgan fingerprint density at radius 1 is 1.31 bits per heavy atom. The molecule has 32 heavy (non-hydrogen) atoms. The highest BCUT2D eigenvalue weighted by molar-refractivity contribution is 6.33. The van der Waals surface area contributed by atoms with Gasteiger partial charge in [-0.1, -0.05) is 24.6 Å². The van der Waals surface area contributed by atoms with Crippen LogP contribution in [0.2, 0.25) is 5.02 Å². The van der Waals surface area contributed by atoms with Gasteiger partial charge in [0, 0.05) is 18.0 Å². The van der Waals surface area contributed by atoms with Crippen molar-refractivity contribution in [3.05, 3.63) is 35.2 Å². The smallest absolute Gasteiger partial charge is 0.224 e. The third kappa shape index (κ3) is 4.48. The van der Waals surface area contributed by atoms with Gasteiger partial charge in [0.25, 0.3) is 0 Å². The highest BCUT2D eigenvalue weighted by atomic mass is 35.5. The molecule has 0 radical (unpaired) electrons. The maximum atomic E-state index is 14.5. The lowest BCUT2D eigenvalue weighted by atomic mass is 9.85. The number of hydrogen-bond donors (Lipinski definition) is 3. The number of carbonyl (C=O) groups excluding carboxylic acids is 1. The fourth-order valence-corrected chi connectivity index (χ4v) is 4.27. The van der Waals surface area contributed by atoms with Crippen LogP contribution >= 0.6 is 11.6 Å². The van der Waals surface area contributed by atoms with E-state index in [0.29, 0.717) is 35.9 Å². The van der Waals surface area contributed by atoms with Crippen molar-refractivity contribution in [2.45, 2.75) is 58.0 Å². The van der Waals surface area contributed by atoms with Crippen LogP contribution in [0.5, 0.6) is 0 Å². The first-order valence-electron chi connectivity index (χ1n) is 10.9. The summed E-state index contributed by atoms with van der Waals surface area (Å²) in [5.74, 6) is 0.0751. The van der Waals surface area contributed by atoms with Gasteiger partial charge in [0.15, 0.2) is 5.65 Å². The molecule has 1 fully saturated rings. The molecule has 1 unspecified atom stereocenters. The summed E-state index contributed by atoms with van der Waals surface area (Å²) in [5.41, 5.74) is 6.90. The summed E-state index contributed by atoms with van der Waals surface area (Å²) in [5, 5.41) is 6.61. The van der Waals surface area contributed by atoms with Gasteiger partial charge >= 0.3 is 0 Å². The van der Waals surface area contributed by atoms with Crippen LogP contribution in [0.25, 0.3) is 11.2 Å². The minimum absolute atomic E-state index is 0.0231. The molecule has 1 atom stereocenters. The Kier molecular flexibility index (Phi) is 6.45.